The maximum absolute atomic E-state index is 11.8. The van der Waals surface area contributed by atoms with Crippen LogP contribution in [0.15, 0.2) is 18.2 Å². The van der Waals surface area contributed by atoms with Crippen molar-refractivity contribution in [3.05, 3.63) is 28.8 Å². The summed E-state index contributed by atoms with van der Waals surface area (Å²) in [5.74, 6) is 0.515. The fraction of sp³-hybridized carbons (Fsp3) is 0.500. The van der Waals surface area contributed by atoms with E-state index in [2.05, 4.69) is 31.4 Å². The van der Waals surface area contributed by atoms with Crippen molar-refractivity contribution in [1.82, 2.24) is 5.32 Å². The van der Waals surface area contributed by atoms with E-state index in [0.29, 0.717) is 28.0 Å². The quantitative estimate of drug-likeness (QED) is 0.439. The number of anilines is 1. The highest BCUT2D eigenvalue weighted by Crippen LogP contribution is 2.23. The highest BCUT2D eigenvalue weighted by atomic mass is 35.5. The van der Waals surface area contributed by atoms with E-state index in [9.17, 15) is 4.79 Å². The minimum Gasteiger partial charge on any atom is -0.462 e. The van der Waals surface area contributed by atoms with Crippen LogP contribution in [-0.4, -0.2) is 34.7 Å². The molecule has 4 nitrogen and oxygen atoms in total. The third-order valence-electron chi connectivity index (χ3n) is 2.64. The van der Waals surface area contributed by atoms with Gasteiger partial charge in [-0.3, -0.25) is 0 Å². The van der Waals surface area contributed by atoms with Gasteiger partial charge in [0.1, 0.15) is 0 Å². The molecule has 0 amide bonds. The summed E-state index contributed by atoms with van der Waals surface area (Å²) in [5.41, 5.74) is 1.02. The normalized spacial score (nSPS) is 11.0. The van der Waals surface area contributed by atoms with Crippen molar-refractivity contribution in [2.75, 3.05) is 24.2 Å². The van der Waals surface area contributed by atoms with E-state index in [1.54, 1.807) is 25.1 Å². The average molecular weight is 375 g/mol. The predicted octanol–water partition coefficient (Wildman–Crippen LogP) is 4.33. The Morgan fingerprint density at radius 3 is 2.70 bits per heavy atom. The van der Waals surface area contributed by atoms with Gasteiger partial charge in [-0.1, -0.05) is 32.4 Å². The Labute approximate surface area is 152 Å². The van der Waals surface area contributed by atoms with Gasteiger partial charge in [0, 0.05) is 22.7 Å². The highest BCUT2D eigenvalue weighted by Gasteiger charge is 2.13. The van der Waals surface area contributed by atoms with Crippen LogP contribution in [0.1, 0.15) is 38.1 Å². The Balaban J connectivity index is 2.55. The molecule has 1 rings (SSSR count). The molecule has 0 aliphatic heterocycles. The number of carbonyl (C=O) groups excluding carboxylic acids is 1. The van der Waals surface area contributed by atoms with E-state index < -0.39 is 5.97 Å². The lowest BCUT2D eigenvalue weighted by Gasteiger charge is -2.18. The molecule has 128 valence electrons. The summed E-state index contributed by atoms with van der Waals surface area (Å²) in [7, 11) is 0. The second-order valence-corrected chi connectivity index (χ2v) is 8.49. The summed E-state index contributed by atoms with van der Waals surface area (Å²) >= 11 is 13.2. The molecular formula is C16H23ClN2O2S2. The minimum absolute atomic E-state index is 0.238. The van der Waals surface area contributed by atoms with E-state index in [4.69, 9.17) is 28.6 Å². The topological polar surface area (TPSA) is 50.4 Å². The largest absolute Gasteiger partial charge is 0.462 e. The maximum Gasteiger partial charge on any atom is 0.339 e. The molecule has 2 N–H and O–H groups in total. The summed E-state index contributed by atoms with van der Waals surface area (Å²) in [4.78, 5) is 11.8. The van der Waals surface area contributed by atoms with Crippen molar-refractivity contribution in [3.63, 3.8) is 0 Å². The molecule has 0 bridgehead atoms. The third-order valence-corrected chi connectivity index (χ3v) is 4.49. The minimum atomic E-state index is -0.443. The van der Waals surface area contributed by atoms with Gasteiger partial charge in [0.25, 0.3) is 0 Å². The van der Waals surface area contributed by atoms with Gasteiger partial charge in [0.15, 0.2) is 5.11 Å². The molecule has 0 heterocycles. The number of nitrogens with one attached hydrogen (secondary N) is 2. The highest BCUT2D eigenvalue weighted by molar-refractivity contribution is 8.00. The van der Waals surface area contributed by atoms with Gasteiger partial charge in [0.05, 0.1) is 17.2 Å². The molecule has 0 radical (unpaired) electrons. The molecule has 1 aromatic carbocycles. The van der Waals surface area contributed by atoms with Gasteiger partial charge in [-0.15, -0.1) is 0 Å². The van der Waals surface area contributed by atoms with Crippen molar-refractivity contribution >= 4 is 52.3 Å². The van der Waals surface area contributed by atoms with Crippen molar-refractivity contribution in [2.24, 2.45) is 0 Å². The number of benzene rings is 1. The number of thiocarbonyl (C=S) groups is 1. The van der Waals surface area contributed by atoms with E-state index >= 15 is 0 Å². The first-order valence-electron chi connectivity index (χ1n) is 7.38. The molecule has 7 heteroatoms. The number of rotatable bonds is 6. The van der Waals surface area contributed by atoms with Gasteiger partial charge in [-0.25, -0.2) is 4.79 Å². The van der Waals surface area contributed by atoms with Crippen molar-refractivity contribution < 1.29 is 9.53 Å². The van der Waals surface area contributed by atoms with Crippen LogP contribution in [0.25, 0.3) is 0 Å². The van der Waals surface area contributed by atoms with Crippen LogP contribution < -0.4 is 10.6 Å². The molecule has 23 heavy (non-hydrogen) atoms. The molecule has 0 atom stereocenters. The molecule has 1 aromatic rings. The molecule has 0 unspecified atom stereocenters. The van der Waals surface area contributed by atoms with Crippen molar-refractivity contribution in [1.29, 1.82) is 0 Å². The Bertz CT molecular complexity index is 560. The van der Waals surface area contributed by atoms with E-state index in [1.165, 1.54) is 0 Å². The molecular weight excluding hydrogens is 352 g/mol. The number of hydrogen-bond acceptors (Lipinski definition) is 4. The SMILES string of the molecule is CCOC(=O)c1cc(NC(=S)NCCSC(C)(C)C)ccc1Cl. The lowest BCUT2D eigenvalue weighted by molar-refractivity contribution is 0.0526. The fourth-order valence-corrected chi connectivity index (χ4v) is 2.90. The van der Waals surface area contributed by atoms with Gasteiger partial charge >= 0.3 is 5.97 Å². The van der Waals surface area contributed by atoms with Crippen LogP contribution in [0.5, 0.6) is 0 Å². The van der Waals surface area contributed by atoms with Crippen LogP contribution in [0.3, 0.4) is 0 Å². The number of halogens is 1. The standard InChI is InChI=1S/C16H23ClN2O2S2/c1-5-21-14(20)12-10-11(6-7-13(12)17)19-15(22)18-8-9-23-16(2,3)4/h6-7,10H,5,8-9H2,1-4H3,(H2,18,19,22). The monoisotopic (exact) mass is 374 g/mol. The van der Waals surface area contributed by atoms with E-state index in [0.717, 1.165) is 12.3 Å². The molecule has 0 aliphatic rings. The van der Waals surface area contributed by atoms with Crippen LogP contribution in [0.2, 0.25) is 5.02 Å². The summed E-state index contributed by atoms with van der Waals surface area (Å²) in [6.07, 6.45) is 0. The lowest BCUT2D eigenvalue weighted by atomic mass is 10.2. The first-order chi connectivity index (χ1) is 10.7. The number of hydrogen-bond donors (Lipinski definition) is 2. The van der Waals surface area contributed by atoms with Crippen molar-refractivity contribution in [3.8, 4) is 0 Å². The number of carbonyl (C=O) groups is 1. The van der Waals surface area contributed by atoms with Gasteiger partial charge in [-0.05, 0) is 37.3 Å². The lowest BCUT2D eigenvalue weighted by Crippen LogP contribution is -2.31. The number of ether oxygens (including phenoxy) is 1. The van der Waals surface area contributed by atoms with Crippen LogP contribution in [0.4, 0.5) is 5.69 Å². The Hall–Kier alpha value is -0.980. The zero-order valence-corrected chi connectivity index (χ0v) is 16.3. The molecule has 0 saturated heterocycles. The first-order valence-corrected chi connectivity index (χ1v) is 9.15. The summed E-state index contributed by atoms with van der Waals surface area (Å²) in [6.45, 7) is 9.36. The van der Waals surface area contributed by atoms with Crippen molar-refractivity contribution in [2.45, 2.75) is 32.4 Å². The summed E-state index contributed by atoms with van der Waals surface area (Å²) in [6, 6.07) is 5.05. The molecule has 0 aromatic heterocycles. The van der Waals surface area contributed by atoms with Gasteiger partial charge < -0.3 is 15.4 Å². The third kappa shape index (κ3) is 7.90. The van der Waals surface area contributed by atoms with Crippen LogP contribution in [-0.2, 0) is 4.74 Å². The van der Waals surface area contributed by atoms with Gasteiger partial charge in [0.2, 0.25) is 0 Å². The second-order valence-electron chi connectivity index (χ2n) is 5.76. The van der Waals surface area contributed by atoms with Crippen LogP contribution >= 0.6 is 35.6 Å². The van der Waals surface area contributed by atoms with E-state index in [1.807, 2.05) is 11.8 Å². The smallest absolute Gasteiger partial charge is 0.339 e. The van der Waals surface area contributed by atoms with Crippen LogP contribution in [0, 0.1) is 0 Å². The Morgan fingerprint density at radius 2 is 2.09 bits per heavy atom. The Morgan fingerprint density at radius 1 is 1.39 bits per heavy atom. The summed E-state index contributed by atoms with van der Waals surface area (Å²) in [5, 5.41) is 7.06. The molecule has 0 aliphatic carbocycles. The number of esters is 1. The predicted molar refractivity (Wildman–Crippen MR) is 104 cm³/mol. The zero-order chi connectivity index (χ0) is 17.5. The number of thioether (sulfide) groups is 1. The Kier molecular flexibility index (Phi) is 8.16. The maximum atomic E-state index is 11.8. The summed E-state index contributed by atoms with van der Waals surface area (Å²) < 4.78 is 5.22. The second kappa shape index (κ2) is 9.35. The first kappa shape index (κ1) is 20.1. The molecule has 0 spiro atoms. The molecule has 0 fully saturated rings. The van der Waals surface area contributed by atoms with Gasteiger partial charge in [-0.2, -0.15) is 11.8 Å². The fourth-order valence-electron chi connectivity index (χ4n) is 1.67. The van der Waals surface area contributed by atoms with E-state index in [-0.39, 0.29) is 4.75 Å². The molecule has 0 saturated carbocycles. The zero-order valence-electron chi connectivity index (χ0n) is 13.9. The average Bonchev–Trinajstić information content (AvgIpc) is 2.45.